The van der Waals surface area contributed by atoms with Gasteiger partial charge in [0.15, 0.2) is 0 Å². The van der Waals surface area contributed by atoms with Crippen LogP contribution in [0.15, 0.2) is 18.2 Å². The third-order valence-corrected chi connectivity index (χ3v) is 3.74. The number of para-hydroxylation sites is 1. The molecule has 86 valence electrons. The third kappa shape index (κ3) is 1.55. The first-order valence-corrected chi connectivity index (χ1v) is 6.17. The van der Waals surface area contributed by atoms with Gasteiger partial charge in [-0.1, -0.05) is 12.1 Å². The van der Waals surface area contributed by atoms with E-state index in [2.05, 4.69) is 40.7 Å². The molecule has 2 aliphatic rings. The van der Waals surface area contributed by atoms with Gasteiger partial charge in [0.25, 0.3) is 0 Å². The Balaban J connectivity index is 1.87. The summed E-state index contributed by atoms with van der Waals surface area (Å²) in [5.41, 5.74) is 4.09. The van der Waals surface area contributed by atoms with Crippen molar-refractivity contribution >= 4 is 11.4 Å². The van der Waals surface area contributed by atoms with Crippen LogP contribution in [0.5, 0.6) is 0 Å². The van der Waals surface area contributed by atoms with E-state index in [0.717, 1.165) is 19.8 Å². The van der Waals surface area contributed by atoms with Crippen LogP contribution in [0.3, 0.4) is 0 Å². The first-order valence-electron chi connectivity index (χ1n) is 6.17. The highest BCUT2D eigenvalue weighted by molar-refractivity contribution is 5.78. The van der Waals surface area contributed by atoms with Gasteiger partial charge in [0.1, 0.15) is 0 Å². The van der Waals surface area contributed by atoms with Gasteiger partial charge in [-0.2, -0.15) is 0 Å². The van der Waals surface area contributed by atoms with Crippen molar-refractivity contribution < 1.29 is 0 Å². The van der Waals surface area contributed by atoms with Crippen LogP contribution < -0.4 is 15.5 Å². The number of hydrogen-bond donors (Lipinski definition) is 2. The Morgan fingerprint density at radius 3 is 2.88 bits per heavy atom. The molecule has 0 bridgehead atoms. The number of fused-ring (bicyclic) bond motifs is 1. The van der Waals surface area contributed by atoms with Crippen LogP contribution in [0.4, 0.5) is 11.4 Å². The van der Waals surface area contributed by atoms with Crippen LogP contribution in [-0.2, 0) is 0 Å². The molecule has 0 spiro atoms. The predicted molar refractivity (Wildman–Crippen MR) is 68.0 cm³/mol. The van der Waals surface area contributed by atoms with Crippen molar-refractivity contribution in [1.29, 1.82) is 0 Å². The van der Waals surface area contributed by atoms with Gasteiger partial charge >= 0.3 is 0 Å². The minimum Gasteiger partial charge on any atom is -0.366 e. The molecule has 3 nitrogen and oxygen atoms in total. The van der Waals surface area contributed by atoms with Gasteiger partial charge in [-0.05, 0) is 44.5 Å². The van der Waals surface area contributed by atoms with E-state index >= 15 is 0 Å². The molecule has 2 heterocycles. The molecule has 0 unspecified atom stereocenters. The second kappa shape index (κ2) is 3.98. The van der Waals surface area contributed by atoms with E-state index in [1.165, 1.54) is 29.8 Å². The molecule has 0 aromatic heterocycles. The summed E-state index contributed by atoms with van der Waals surface area (Å²) in [7, 11) is 0. The van der Waals surface area contributed by atoms with Crippen LogP contribution in [-0.4, -0.2) is 25.8 Å². The molecule has 0 amide bonds. The molecule has 0 saturated carbocycles. The maximum absolute atomic E-state index is 3.52. The quantitative estimate of drug-likeness (QED) is 0.752. The van der Waals surface area contributed by atoms with Crippen molar-refractivity contribution in [3.8, 4) is 0 Å². The molecule has 1 aromatic rings. The van der Waals surface area contributed by atoms with E-state index in [4.69, 9.17) is 0 Å². The Hall–Kier alpha value is -1.22. The second-order valence-electron chi connectivity index (χ2n) is 4.75. The summed E-state index contributed by atoms with van der Waals surface area (Å²) in [5, 5.41) is 6.95. The molecule has 2 N–H and O–H groups in total. The number of nitrogens with zero attached hydrogens (tertiary/aromatic N) is 1. The number of piperidine rings is 1. The van der Waals surface area contributed by atoms with Crippen molar-refractivity contribution in [3.63, 3.8) is 0 Å². The van der Waals surface area contributed by atoms with Crippen molar-refractivity contribution in [1.82, 2.24) is 5.32 Å². The maximum Gasteiger partial charge on any atom is 0.0880 e. The number of hydrogen-bond acceptors (Lipinski definition) is 3. The number of aryl methyl sites for hydroxylation is 1. The van der Waals surface area contributed by atoms with Gasteiger partial charge in [0.2, 0.25) is 0 Å². The summed E-state index contributed by atoms with van der Waals surface area (Å²) in [5.74, 6) is 0. The number of anilines is 2. The van der Waals surface area contributed by atoms with E-state index in [0.29, 0.717) is 6.04 Å². The summed E-state index contributed by atoms with van der Waals surface area (Å²) in [6.45, 7) is 5.47. The predicted octanol–water partition coefficient (Wildman–Crippen LogP) is 1.94. The first-order chi connectivity index (χ1) is 7.86. The van der Waals surface area contributed by atoms with Gasteiger partial charge < -0.3 is 15.5 Å². The summed E-state index contributed by atoms with van der Waals surface area (Å²) in [4.78, 5) is 2.53. The molecule has 0 aliphatic carbocycles. The minimum absolute atomic E-state index is 0.705. The average molecular weight is 217 g/mol. The van der Waals surface area contributed by atoms with E-state index in [1.54, 1.807) is 0 Å². The summed E-state index contributed by atoms with van der Waals surface area (Å²) < 4.78 is 0. The van der Waals surface area contributed by atoms with Gasteiger partial charge in [-0.3, -0.25) is 0 Å². The van der Waals surface area contributed by atoms with E-state index < -0.39 is 0 Å². The zero-order valence-corrected chi connectivity index (χ0v) is 9.79. The molecule has 0 atom stereocenters. The maximum atomic E-state index is 3.52. The summed E-state index contributed by atoms with van der Waals surface area (Å²) in [6, 6.07) is 7.29. The minimum atomic E-state index is 0.705. The standard InChI is InChI=1S/C13H19N3/c1-10-3-2-4-12-13(10)15-9-16(12)11-5-7-14-8-6-11/h2-4,11,14-15H,5-9H2,1H3. The molecule has 3 heteroatoms. The lowest BCUT2D eigenvalue weighted by Crippen LogP contribution is -2.43. The Labute approximate surface area is 96.8 Å². The lowest BCUT2D eigenvalue weighted by Gasteiger charge is -2.32. The molecule has 1 aromatic carbocycles. The van der Waals surface area contributed by atoms with Crippen LogP contribution in [0.2, 0.25) is 0 Å². The van der Waals surface area contributed by atoms with Crippen LogP contribution >= 0.6 is 0 Å². The Kier molecular flexibility index (Phi) is 2.48. The van der Waals surface area contributed by atoms with Crippen LogP contribution in [0.1, 0.15) is 18.4 Å². The monoisotopic (exact) mass is 217 g/mol. The van der Waals surface area contributed by atoms with Gasteiger partial charge in [-0.25, -0.2) is 0 Å². The highest BCUT2D eigenvalue weighted by atomic mass is 15.3. The molecule has 16 heavy (non-hydrogen) atoms. The zero-order valence-electron chi connectivity index (χ0n) is 9.79. The Bertz CT molecular complexity index is 383. The fourth-order valence-corrected chi connectivity index (χ4v) is 2.82. The van der Waals surface area contributed by atoms with Crippen molar-refractivity contribution in [3.05, 3.63) is 23.8 Å². The van der Waals surface area contributed by atoms with Gasteiger partial charge in [0, 0.05) is 6.04 Å². The van der Waals surface area contributed by atoms with Crippen molar-refractivity contribution in [2.24, 2.45) is 0 Å². The molecule has 2 aliphatic heterocycles. The normalized spacial score (nSPS) is 20.7. The van der Waals surface area contributed by atoms with Gasteiger partial charge in [-0.15, -0.1) is 0 Å². The number of rotatable bonds is 1. The molecule has 3 rings (SSSR count). The van der Waals surface area contributed by atoms with E-state index in [1.807, 2.05) is 0 Å². The Morgan fingerprint density at radius 2 is 2.06 bits per heavy atom. The Morgan fingerprint density at radius 1 is 1.25 bits per heavy atom. The zero-order chi connectivity index (χ0) is 11.0. The second-order valence-corrected chi connectivity index (χ2v) is 4.75. The molecule has 1 fully saturated rings. The largest absolute Gasteiger partial charge is 0.366 e. The van der Waals surface area contributed by atoms with Crippen molar-refractivity contribution in [2.45, 2.75) is 25.8 Å². The fourth-order valence-electron chi connectivity index (χ4n) is 2.82. The van der Waals surface area contributed by atoms with Gasteiger partial charge in [0.05, 0.1) is 18.0 Å². The average Bonchev–Trinajstić information content (AvgIpc) is 2.75. The number of benzene rings is 1. The highest BCUT2D eigenvalue weighted by Gasteiger charge is 2.27. The summed E-state index contributed by atoms with van der Waals surface area (Å²) >= 11 is 0. The molecular weight excluding hydrogens is 198 g/mol. The lowest BCUT2D eigenvalue weighted by atomic mass is 10.0. The summed E-state index contributed by atoms with van der Waals surface area (Å²) in [6.07, 6.45) is 2.52. The van der Waals surface area contributed by atoms with Crippen molar-refractivity contribution in [2.75, 3.05) is 30.0 Å². The smallest absolute Gasteiger partial charge is 0.0880 e. The molecular formula is C13H19N3. The first kappa shape index (κ1) is 9.97. The number of nitrogens with one attached hydrogen (secondary N) is 2. The molecule has 1 saturated heterocycles. The molecule has 0 radical (unpaired) electrons. The lowest BCUT2D eigenvalue weighted by molar-refractivity contribution is 0.438. The van der Waals surface area contributed by atoms with E-state index in [9.17, 15) is 0 Å². The van der Waals surface area contributed by atoms with Crippen LogP contribution in [0, 0.1) is 6.92 Å². The fraction of sp³-hybridized carbons (Fsp3) is 0.538. The van der Waals surface area contributed by atoms with Crippen LogP contribution in [0.25, 0.3) is 0 Å². The SMILES string of the molecule is Cc1cccc2c1NCN2C1CCNCC1. The third-order valence-electron chi connectivity index (χ3n) is 3.74. The highest BCUT2D eigenvalue weighted by Crippen LogP contribution is 2.36. The van der Waals surface area contributed by atoms with E-state index in [-0.39, 0.29) is 0 Å². The topological polar surface area (TPSA) is 27.3 Å².